The van der Waals surface area contributed by atoms with Crippen LogP contribution in [-0.4, -0.2) is 30.1 Å². The van der Waals surface area contributed by atoms with Crippen LogP contribution in [0.4, 0.5) is 10.1 Å². The number of anilines is 1. The Labute approximate surface area is 116 Å². The Kier molecular flexibility index (Phi) is 4.34. The van der Waals surface area contributed by atoms with E-state index in [-0.39, 0.29) is 36.2 Å². The van der Waals surface area contributed by atoms with Gasteiger partial charge in [0.05, 0.1) is 17.9 Å². The summed E-state index contributed by atoms with van der Waals surface area (Å²) in [5.41, 5.74) is 0.339. The lowest BCUT2D eigenvalue weighted by atomic mass is 10.1. The molecule has 5 nitrogen and oxygen atoms in total. The fourth-order valence-corrected chi connectivity index (χ4v) is 1.99. The van der Waals surface area contributed by atoms with Crippen LogP contribution < -0.4 is 10.6 Å². The molecule has 2 atom stereocenters. The van der Waals surface area contributed by atoms with Gasteiger partial charge in [-0.3, -0.25) is 9.59 Å². The van der Waals surface area contributed by atoms with Crippen LogP contribution in [0.25, 0.3) is 0 Å². The first-order valence-corrected chi connectivity index (χ1v) is 6.52. The Morgan fingerprint density at radius 1 is 1.45 bits per heavy atom. The van der Waals surface area contributed by atoms with Crippen molar-refractivity contribution in [2.24, 2.45) is 11.8 Å². The van der Waals surface area contributed by atoms with Crippen molar-refractivity contribution in [2.45, 2.75) is 13.3 Å². The average Bonchev–Trinajstić information content (AvgIpc) is 3.15. The van der Waals surface area contributed by atoms with Crippen molar-refractivity contribution in [3.63, 3.8) is 0 Å². The molecule has 0 radical (unpaired) electrons. The second kappa shape index (κ2) is 6.00. The lowest BCUT2D eigenvalue weighted by molar-refractivity contribution is -0.117. The second-order valence-electron chi connectivity index (χ2n) is 4.98. The lowest BCUT2D eigenvalue weighted by Crippen LogP contribution is -2.28. The van der Waals surface area contributed by atoms with E-state index in [1.54, 1.807) is 0 Å². The van der Waals surface area contributed by atoms with Gasteiger partial charge in [0.1, 0.15) is 5.82 Å². The molecule has 2 unspecified atom stereocenters. The van der Waals surface area contributed by atoms with E-state index in [0.29, 0.717) is 5.92 Å². The number of aliphatic hydroxyl groups excluding tert-OH is 1. The van der Waals surface area contributed by atoms with E-state index < -0.39 is 11.7 Å². The molecule has 1 aromatic rings. The standard InChI is InChI=1S/C14H17FN2O3/c1-8-6-10(8)14(20)17-12-3-2-9(15)7-11(12)13(19)16-4-5-18/h2-3,7-8,10,18H,4-6H2,1H3,(H,16,19)(H,17,20). The molecule has 1 fully saturated rings. The van der Waals surface area contributed by atoms with E-state index in [2.05, 4.69) is 10.6 Å². The lowest BCUT2D eigenvalue weighted by Gasteiger charge is -2.11. The fourth-order valence-electron chi connectivity index (χ4n) is 1.99. The Hall–Kier alpha value is -1.95. The van der Waals surface area contributed by atoms with Gasteiger partial charge in [0.2, 0.25) is 5.91 Å². The molecule has 0 saturated heterocycles. The van der Waals surface area contributed by atoms with Crippen LogP contribution in [0.2, 0.25) is 0 Å². The molecule has 6 heteroatoms. The van der Waals surface area contributed by atoms with Crippen LogP contribution in [0.15, 0.2) is 18.2 Å². The van der Waals surface area contributed by atoms with Crippen molar-refractivity contribution in [1.82, 2.24) is 5.32 Å². The Balaban J connectivity index is 2.14. The number of halogens is 1. The highest BCUT2D eigenvalue weighted by Crippen LogP contribution is 2.38. The molecule has 0 bridgehead atoms. The third kappa shape index (κ3) is 3.33. The first-order chi connectivity index (χ1) is 9.52. The molecular formula is C14H17FN2O3. The fraction of sp³-hybridized carbons (Fsp3) is 0.429. The zero-order chi connectivity index (χ0) is 14.7. The molecule has 1 saturated carbocycles. The number of amides is 2. The molecule has 1 aliphatic carbocycles. The van der Waals surface area contributed by atoms with E-state index in [4.69, 9.17) is 5.11 Å². The Morgan fingerprint density at radius 2 is 2.15 bits per heavy atom. The summed E-state index contributed by atoms with van der Waals surface area (Å²) < 4.78 is 13.3. The number of carbonyl (C=O) groups excluding carboxylic acids is 2. The molecule has 0 spiro atoms. The summed E-state index contributed by atoms with van der Waals surface area (Å²) in [4.78, 5) is 23.8. The van der Waals surface area contributed by atoms with Crippen molar-refractivity contribution in [2.75, 3.05) is 18.5 Å². The largest absolute Gasteiger partial charge is 0.395 e. The number of benzene rings is 1. The summed E-state index contributed by atoms with van der Waals surface area (Å²) in [7, 11) is 0. The van der Waals surface area contributed by atoms with Crippen LogP contribution in [0.5, 0.6) is 0 Å². The molecule has 1 aromatic carbocycles. The maximum absolute atomic E-state index is 13.3. The highest BCUT2D eigenvalue weighted by atomic mass is 19.1. The molecule has 0 heterocycles. The number of hydrogen-bond acceptors (Lipinski definition) is 3. The first-order valence-electron chi connectivity index (χ1n) is 6.52. The third-order valence-corrected chi connectivity index (χ3v) is 3.33. The SMILES string of the molecule is CC1CC1C(=O)Nc1ccc(F)cc1C(=O)NCCO. The van der Waals surface area contributed by atoms with Crippen molar-refractivity contribution in [1.29, 1.82) is 0 Å². The van der Waals surface area contributed by atoms with Gasteiger partial charge in [0.15, 0.2) is 0 Å². The topological polar surface area (TPSA) is 78.4 Å². The molecule has 108 valence electrons. The summed E-state index contributed by atoms with van der Waals surface area (Å²) >= 11 is 0. The minimum absolute atomic E-state index is 0.0339. The summed E-state index contributed by atoms with van der Waals surface area (Å²) in [6.07, 6.45) is 0.832. The van der Waals surface area contributed by atoms with Crippen LogP contribution in [0.1, 0.15) is 23.7 Å². The predicted molar refractivity (Wildman–Crippen MR) is 71.7 cm³/mol. The maximum Gasteiger partial charge on any atom is 0.253 e. The highest BCUT2D eigenvalue weighted by Gasteiger charge is 2.39. The molecule has 2 rings (SSSR count). The van der Waals surface area contributed by atoms with E-state index >= 15 is 0 Å². The zero-order valence-electron chi connectivity index (χ0n) is 11.1. The molecule has 1 aliphatic rings. The van der Waals surface area contributed by atoms with Gasteiger partial charge in [0.25, 0.3) is 5.91 Å². The van der Waals surface area contributed by atoms with Crippen molar-refractivity contribution >= 4 is 17.5 Å². The van der Waals surface area contributed by atoms with Gasteiger partial charge >= 0.3 is 0 Å². The molecule has 3 N–H and O–H groups in total. The smallest absolute Gasteiger partial charge is 0.253 e. The molecule has 20 heavy (non-hydrogen) atoms. The molecule has 0 aromatic heterocycles. The van der Waals surface area contributed by atoms with Gasteiger partial charge in [-0.2, -0.15) is 0 Å². The minimum Gasteiger partial charge on any atom is -0.395 e. The van der Waals surface area contributed by atoms with Crippen LogP contribution in [0, 0.1) is 17.7 Å². The van der Waals surface area contributed by atoms with E-state index in [0.717, 1.165) is 12.5 Å². The number of hydrogen-bond donors (Lipinski definition) is 3. The molecule has 2 amide bonds. The number of nitrogens with one attached hydrogen (secondary N) is 2. The van der Waals surface area contributed by atoms with Crippen molar-refractivity contribution in [3.8, 4) is 0 Å². The van der Waals surface area contributed by atoms with Gasteiger partial charge < -0.3 is 15.7 Å². The van der Waals surface area contributed by atoms with Crippen LogP contribution in [-0.2, 0) is 4.79 Å². The van der Waals surface area contributed by atoms with Gasteiger partial charge in [-0.1, -0.05) is 6.92 Å². The average molecular weight is 280 g/mol. The van der Waals surface area contributed by atoms with E-state index in [9.17, 15) is 14.0 Å². The molecular weight excluding hydrogens is 263 g/mol. The van der Waals surface area contributed by atoms with Crippen LogP contribution >= 0.6 is 0 Å². The summed E-state index contributed by atoms with van der Waals surface area (Å²) in [5, 5.41) is 13.8. The van der Waals surface area contributed by atoms with E-state index in [1.165, 1.54) is 12.1 Å². The Bertz CT molecular complexity index is 533. The van der Waals surface area contributed by atoms with E-state index in [1.807, 2.05) is 6.92 Å². The van der Waals surface area contributed by atoms with Gasteiger partial charge in [-0.15, -0.1) is 0 Å². The quantitative estimate of drug-likeness (QED) is 0.757. The third-order valence-electron chi connectivity index (χ3n) is 3.33. The molecule has 0 aliphatic heterocycles. The van der Waals surface area contributed by atoms with Crippen LogP contribution in [0.3, 0.4) is 0 Å². The monoisotopic (exact) mass is 280 g/mol. The summed E-state index contributed by atoms with van der Waals surface area (Å²) in [5.74, 6) is -0.925. The zero-order valence-corrected chi connectivity index (χ0v) is 11.1. The summed E-state index contributed by atoms with van der Waals surface area (Å²) in [6.45, 7) is 1.84. The minimum atomic E-state index is -0.558. The Morgan fingerprint density at radius 3 is 2.75 bits per heavy atom. The normalized spacial score (nSPS) is 20.4. The number of carbonyl (C=O) groups is 2. The van der Waals surface area contributed by atoms with Crippen molar-refractivity contribution < 1.29 is 19.1 Å². The maximum atomic E-state index is 13.3. The predicted octanol–water partition coefficient (Wildman–Crippen LogP) is 1.14. The number of aliphatic hydroxyl groups is 1. The van der Waals surface area contributed by atoms with Gasteiger partial charge in [-0.05, 0) is 30.5 Å². The summed E-state index contributed by atoms with van der Waals surface area (Å²) in [6, 6.07) is 3.63. The number of rotatable bonds is 5. The highest BCUT2D eigenvalue weighted by molar-refractivity contribution is 6.04. The first kappa shape index (κ1) is 14.5. The van der Waals surface area contributed by atoms with Gasteiger partial charge in [-0.25, -0.2) is 4.39 Å². The van der Waals surface area contributed by atoms with Gasteiger partial charge in [0, 0.05) is 12.5 Å². The second-order valence-corrected chi connectivity index (χ2v) is 4.98. The van der Waals surface area contributed by atoms with Crippen molar-refractivity contribution in [3.05, 3.63) is 29.6 Å².